The molecule has 14 heavy (non-hydrogen) atoms. The van der Waals surface area contributed by atoms with Gasteiger partial charge in [-0.25, -0.2) is 4.98 Å². The molecule has 0 aromatic carbocycles. The number of hydrogen-bond donors (Lipinski definition) is 0. The molecule has 0 aliphatic carbocycles. The third kappa shape index (κ3) is 2.74. The molecule has 0 saturated heterocycles. The second-order valence-corrected chi connectivity index (χ2v) is 5.32. The Kier molecular flexibility index (Phi) is 3.45. The summed E-state index contributed by atoms with van der Waals surface area (Å²) >= 11 is 9.37. The van der Waals surface area contributed by atoms with Gasteiger partial charge in [0.05, 0.1) is 4.21 Å². The van der Waals surface area contributed by atoms with Crippen LogP contribution in [0.5, 0.6) is 0 Å². The van der Waals surface area contributed by atoms with Crippen LogP contribution in [0.4, 0.5) is 0 Å². The van der Waals surface area contributed by atoms with Crippen LogP contribution < -0.4 is 0 Å². The lowest BCUT2D eigenvalue weighted by Gasteiger charge is -1.99. The lowest BCUT2D eigenvalue weighted by Crippen LogP contribution is -1.81. The molecule has 0 unspecified atom stereocenters. The van der Waals surface area contributed by atoms with Gasteiger partial charge in [-0.15, -0.1) is 23.1 Å². The van der Waals surface area contributed by atoms with Gasteiger partial charge < -0.3 is 0 Å². The van der Waals surface area contributed by atoms with Crippen molar-refractivity contribution in [2.45, 2.75) is 9.96 Å². The number of pyridine rings is 1. The SMILES string of the molecule is Clc1cc(CSc2cccs2)ccn1. The zero-order valence-electron chi connectivity index (χ0n) is 7.31. The van der Waals surface area contributed by atoms with Gasteiger partial charge in [0.15, 0.2) is 0 Å². The summed E-state index contributed by atoms with van der Waals surface area (Å²) in [6.45, 7) is 0. The number of hydrogen-bond acceptors (Lipinski definition) is 3. The zero-order chi connectivity index (χ0) is 9.80. The van der Waals surface area contributed by atoms with E-state index < -0.39 is 0 Å². The fraction of sp³-hybridized carbons (Fsp3) is 0.100. The Hall–Kier alpha value is -0.510. The summed E-state index contributed by atoms with van der Waals surface area (Å²) in [5, 5.41) is 2.65. The molecule has 1 nitrogen and oxygen atoms in total. The molecular weight excluding hydrogens is 234 g/mol. The van der Waals surface area contributed by atoms with Crippen molar-refractivity contribution in [2.75, 3.05) is 0 Å². The minimum atomic E-state index is 0.564. The van der Waals surface area contributed by atoms with Crippen LogP contribution in [0.1, 0.15) is 5.56 Å². The molecule has 2 aromatic heterocycles. The van der Waals surface area contributed by atoms with Crippen molar-refractivity contribution < 1.29 is 0 Å². The first-order valence-electron chi connectivity index (χ1n) is 4.11. The van der Waals surface area contributed by atoms with Crippen molar-refractivity contribution in [1.29, 1.82) is 0 Å². The highest BCUT2D eigenvalue weighted by Crippen LogP contribution is 2.27. The van der Waals surface area contributed by atoms with Crippen LogP contribution in [0.15, 0.2) is 40.1 Å². The number of rotatable bonds is 3. The van der Waals surface area contributed by atoms with Crippen LogP contribution in [-0.4, -0.2) is 4.98 Å². The average Bonchev–Trinajstić information content (AvgIpc) is 2.67. The molecular formula is C10H8ClNS2. The summed E-state index contributed by atoms with van der Waals surface area (Å²) in [7, 11) is 0. The minimum Gasteiger partial charge on any atom is -0.245 e. The van der Waals surface area contributed by atoms with Gasteiger partial charge in [0.25, 0.3) is 0 Å². The molecule has 2 heterocycles. The highest BCUT2D eigenvalue weighted by molar-refractivity contribution is 8.00. The maximum Gasteiger partial charge on any atom is 0.129 e. The van der Waals surface area contributed by atoms with E-state index in [1.807, 2.05) is 23.9 Å². The maximum absolute atomic E-state index is 5.79. The zero-order valence-corrected chi connectivity index (χ0v) is 9.70. The van der Waals surface area contributed by atoms with Crippen LogP contribution in [-0.2, 0) is 5.75 Å². The van der Waals surface area contributed by atoms with E-state index in [-0.39, 0.29) is 0 Å². The van der Waals surface area contributed by atoms with E-state index in [0.29, 0.717) is 5.15 Å². The normalized spacial score (nSPS) is 10.4. The Labute approximate surface area is 96.1 Å². The van der Waals surface area contributed by atoms with Crippen LogP contribution >= 0.6 is 34.7 Å². The molecule has 0 fully saturated rings. The molecule has 2 aromatic rings. The molecule has 2 rings (SSSR count). The Bertz CT molecular complexity index is 400. The average molecular weight is 242 g/mol. The summed E-state index contributed by atoms with van der Waals surface area (Å²) in [6.07, 6.45) is 1.74. The van der Waals surface area contributed by atoms with E-state index in [2.05, 4.69) is 22.5 Å². The molecule has 0 bridgehead atoms. The fourth-order valence-corrected chi connectivity index (χ4v) is 2.96. The quantitative estimate of drug-likeness (QED) is 0.593. The van der Waals surface area contributed by atoms with Gasteiger partial charge >= 0.3 is 0 Å². The smallest absolute Gasteiger partial charge is 0.129 e. The van der Waals surface area contributed by atoms with E-state index in [1.54, 1.807) is 17.5 Å². The van der Waals surface area contributed by atoms with Crippen LogP contribution in [0.25, 0.3) is 0 Å². The predicted molar refractivity (Wildman–Crippen MR) is 63.1 cm³/mol. The molecule has 0 radical (unpaired) electrons. The first-order chi connectivity index (χ1) is 6.84. The minimum absolute atomic E-state index is 0.564. The van der Waals surface area contributed by atoms with Gasteiger partial charge in [0.2, 0.25) is 0 Å². The topological polar surface area (TPSA) is 12.9 Å². The summed E-state index contributed by atoms with van der Waals surface area (Å²) in [4.78, 5) is 3.94. The van der Waals surface area contributed by atoms with Gasteiger partial charge in [-0.05, 0) is 29.1 Å². The van der Waals surface area contributed by atoms with Crippen LogP contribution in [0.3, 0.4) is 0 Å². The molecule has 0 saturated carbocycles. The lowest BCUT2D eigenvalue weighted by atomic mass is 10.3. The van der Waals surface area contributed by atoms with Gasteiger partial charge in [-0.2, -0.15) is 0 Å². The molecule has 0 N–H and O–H groups in total. The Morgan fingerprint density at radius 3 is 3.07 bits per heavy atom. The van der Waals surface area contributed by atoms with E-state index in [0.717, 1.165) is 5.75 Å². The number of thioether (sulfide) groups is 1. The number of nitrogens with zero attached hydrogens (tertiary/aromatic N) is 1. The van der Waals surface area contributed by atoms with Gasteiger partial charge in [0.1, 0.15) is 5.15 Å². The predicted octanol–water partition coefficient (Wildman–Crippen LogP) is 4.09. The first kappa shape index (κ1) is 10.0. The summed E-state index contributed by atoms with van der Waals surface area (Å²) in [5.41, 5.74) is 1.21. The van der Waals surface area contributed by atoms with Gasteiger partial charge in [0, 0.05) is 11.9 Å². The lowest BCUT2D eigenvalue weighted by molar-refractivity contribution is 1.27. The molecule has 0 amide bonds. The third-order valence-corrected chi connectivity index (χ3v) is 4.08. The van der Waals surface area contributed by atoms with E-state index >= 15 is 0 Å². The molecule has 0 atom stereocenters. The van der Waals surface area contributed by atoms with E-state index in [1.165, 1.54) is 9.77 Å². The highest BCUT2D eigenvalue weighted by atomic mass is 35.5. The number of halogens is 1. The van der Waals surface area contributed by atoms with Crippen molar-refractivity contribution in [2.24, 2.45) is 0 Å². The summed E-state index contributed by atoms with van der Waals surface area (Å²) < 4.78 is 1.33. The Morgan fingerprint density at radius 2 is 2.36 bits per heavy atom. The largest absolute Gasteiger partial charge is 0.245 e. The van der Waals surface area contributed by atoms with Gasteiger partial charge in [-0.1, -0.05) is 17.7 Å². The fourth-order valence-electron chi connectivity index (χ4n) is 1.03. The maximum atomic E-state index is 5.79. The molecule has 72 valence electrons. The van der Waals surface area contributed by atoms with Gasteiger partial charge in [-0.3, -0.25) is 0 Å². The molecule has 0 spiro atoms. The molecule has 4 heteroatoms. The monoisotopic (exact) mass is 241 g/mol. The van der Waals surface area contributed by atoms with Crippen LogP contribution in [0, 0.1) is 0 Å². The number of aromatic nitrogens is 1. The Morgan fingerprint density at radius 1 is 1.43 bits per heavy atom. The molecule has 0 aliphatic rings. The summed E-state index contributed by atoms with van der Waals surface area (Å²) in [6, 6.07) is 8.08. The standard InChI is InChI=1S/C10H8ClNS2/c11-9-6-8(3-4-12-9)7-14-10-2-1-5-13-10/h1-6H,7H2. The van der Waals surface area contributed by atoms with Crippen molar-refractivity contribution >= 4 is 34.7 Å². The Balaban J connectivity index is 1.98. The van der Waals surface area contributed by atoms with Crippen LogP contribution in [0.2, 0.25) is 5.15 Å². The van der Waals surface area contributed by atoms with Crippen molar-refractivity contribution in [1.82, 2.24) is 4.98 Å². The third-order valence-electron chi connectivity index (χ3n) is 1.67. The second kappa shape index (κ2) is 4.82. The summed E-state index contributed by atoms with van der Waals surface area (Å²) in [5.74, 6) is 0.947. The first-order valence-corrected chi connectivity index (χ1v) is 6.35. The second-order valence-electron chi connectivity index (χ2n) is 2.71. The van der Waals surface area contributed by atoms with E-state index in [4.69, 9.17) is 11.6 Å². The molecule has 0 aliphatic heterocycles. The van der Waals surface area contributed by atoms with Crippen molar-refractivity contribution in [3.63, 3.8) is 0 Å². The van der Waals surface area contributed by atoms with Crippen molar-refractivity contribution in [3.8, 4) is 0 Å². The van der Waals surface area contributed by atoms with Crippen molar-refractivity contribution in [3.05, 3.63) is 46.6 Å². The highest BCUT2D eigenvalue weighted by Gasteiger charge is 1.97. The van der Waals surface area contributed by atoms with E-state index in [9.17, 15) is 0 Å². The number of thiophene rings is 1.